The van der Waals surface area contributed by atoms with Gasteiger partial charge in [0.25, 0.3) is 5.69 Å². The monoisotopic (exact) mass is 408 g/mol. The first kappa shape index (κ1) is 20.0. The van der Waals surface area contributed by atoms with Crippen LogP contribution in [-0.4, -0.2) is 64.2 Å². The van der Waals surface area contributed by atoms with E-state index in [1.54, 1.807) is 12.1 Å². The molecule has 3 aromatic rings. The molecule has 2 heterocycles. The minimum absolute atomic E-state index is 0.0515. The number of β-amino-alcohol motifs (C(OH)–C–C–N with tert-alkyl or cyclic N) is 1. The topological polar surface area (TPSA) is 108 Å². The standard InChI is InChI=1S/C21H24N6O3/c28-11-10-25-6-8-26(9-7-25)19-13-18-17(12-20(19)27(29)30)21(24-15-23-18)22-14-16-4-2-1-3-5-16/h1-5,12-13,15,28H,6-11,14H2,(H,22,23,24). The quantitative estimate of drug-likeness (QED) is 0.453. The first-order valence-corrected chi connectivity index (χ1v) is 9.95. The number of nitrogens with zero attached hydrogens (tertiary/aromatic N) is 5. The highest BCUT2D eigenvalue weighted by Gasteiger charge is 2.25. The van der Waals surface area contributed by atoms with E-state index in [0.717, 1.165) is 18.7 Å². The number of nitrogens with one attached hydrogen (secondary N) is 1. The van der Waals surface area contributed by atoms with E-state index in [1.165, 1.54) is 6.33 Å². The molecule has 9 nitrogen and oxygen atoms in total. The lowest BCUT2D eigenvalue weighted by Crippen LogP contribution is -2.47. The highest BCUT2D eigenvalue weighted by Crippen LogP contribution is 2.35. The number of fused-ring (bicyclic) bond motifs is 1. The lowest BCUT2D eigenvalue weighted by Gasteiger charge is -2.35. The third-order valence-electron chi connectivity index (χ3n) is 5.36. The number of aliphatic hydroxyl groups is 1. The number of hydrogen-bond acceptors (Lipinski definition) is 8. The van der Waals surface area contributed by atoms with Crippen LogP contribution < -0.4 is 10.2 Å². The number of nitro benzene ring substituents is 1. The number of anilines is 2. The van der Waals surface area contributed by atoms with Gasteiger partial charge in [-0.3, -0.25) is 15.0 Å². The molecule has 1 aliphatic rings. The van der Waals surface area contributed by atoms with E-state index in [9.17, 15) is 10.1 Å². The maximum absolute atomic E-state index is 11.8. The molecule has 1 aromatic heterocycles. The number of benzene rings is 2. The minimum atomic E-state index is -0.344. The molecule has 1 aliphatic heterocycles. The highest BCUT2D eigenvalue weighted by molar-refractivity contribution is 5.94. The largest absolute Gasteiger partial charge is 0.395 e. The molecule has 9 heteroatoms. The average Bonchev–Trinajstić information content (AvgIpc) is 2.78. The number of aromatic nitrogens is 2. The van der Waals surface area contributed by atoms with Gasteiger partial charge in [-0.15, -0.1) is 0 Å². The Hall–Kier alpha value is -3.30. The fraction of sp³-hybridized carbons (Fsp3) is 0.333. The van der Waals surface area contributed by atoms with E-state index in [-0.39, 0.29) is 17.2 Å². The van der Waals surface area contributed by atoms with Gasteiger partial charge < -0.3 is 15.3 Å². The van der Waals surface area contributed by atoms with Gasteiger partial charge in [0.1, 0.15) is 17.8 Å². The minimum Gasteiger partial charge on any atom is -0.395 e. The van der Waals surface area contributed by atoms with Crippen LogP contribution in [-0.2, 0) is 6.54 Å². The highest BCUT2D eigenvalue weighted by atomic mass is 16.6. The van der Waals surface area contributed by atoms with E-state index < -0.39 is 0 Å². The van der Waals surface area contributed by atoms with Crippen LogP contribution in [0, 0.1) is 10.1 Å². The molecule has 1 fully saturated rings. The zero-order chi connectivity index (χ0) is 20.9. The third-order valence-corrected chi connectivity index (χ3v) is 5.36. The van der Waals surface area contributed by atoms with Crippen LogP contribution in [0.15, 0.2) is 48.8 Å². The zero-order valence-corrected chi connectivity index (χ0v) is 16.6. The summed E-state index contributed by atoms with van der Waals surface area (Å²) in [5, 5.41) is 24.9. The molecule has 0 radical (unpaired) electrons. The van der Waals surface area contributed by atoms with Gasteiger partial charge in [0.05, 0.1) is 17.0 Å². The van der Waals surface area contributed by atoms with Crippen LogP contribution in [0.4, 0.5) is 17.2 Å². The molecule has 0 spiro atoms. The number of rotatable bonds is 7. The van der Waals surface area contributed by atoms with Crippen molar-refractivity contribution in [2.24, 2.45) is 0 Å². The zero-order valence-electron chi connectivity index (χ0n) is 16.6. The van der Waals surface area contributed by atoms with Crippen molar-refractivity contribution < 1.29 is 10.0 Å². The number of piperazine rings is 1. The van der Waals surface area contributed by atoms with Crippen molar-refractivity contribution in [3.05, 3.63) is 64.5 Å². The Morgan fingerprint density at radius 2 is 1.87 bits per heavy atom. The Bertz CT molecular complexity index is 1020. The smallest absolute Gasteiger partial charge is 0.293 e. The van der Waals surface area contributed by atoms with Gasteiger partial charge in [-0.2, -0.15) is 0 Å². The van der Waals surface area contributed by atoms with Crippen molar-refractivity contribution in [2.45, 2.75) is 6.54 Å². The molecule has 1 saturated heterocycles. The van der Waals surface area contributed by atoms with E-state index in [2.05, 4.69) is 20.2 Å². The van der Waals surface area contributed by atoms with E-state index in [0.29, 0.717) is 48.6 Å². The van der Waals surface area contributed by atoms with Gasteiger partial charge in [0, 0.05) is 50.7 Å². The van der Waals surface area contributed by atoms with Gasteiger partial charge in [0.2, 0.25) is 0 Å². The normalized spacial score (nSPS) is 14.8. The molecule has 0 aliphatic carbocycles. The number of aliphatic hydroxyl groups excluding tert-OH is 1. The molecule has 30 heavy (non-hydrogen) atoms. The van der Waals surface area contributed by atoms with Crippen molar-refractivity contribution >= 4 is 28.1 Å². The van der Waals surface area contributed by atoms with Gasteiger partial charge in [-0.25, -0.2) is 9.97 Å². The van der Waals surface area contributed by atoms with Crippen molar-refractivity contribution in [1.82, 2.24) is 14.9 Å². The van der Waals surface area contributed by atoms with Gasteiger partial charge >= 0.3 is 0 Å². The number of nitro groups is 1. The van der Waals surface area contributed by atoms with Crippen LogP contribution in [0.2, 0.25) is 0 Å². The fourth-order valence-electron chi connectivity index (χ4n) is 3.76. The predicted octanol–water partition coefficient (Wildman–Crippen LogP) is 2.26. The van der Waals surface area contributed by atoms with Gasteiger partial charge in [0.15, 0.2) is 0 Å². The van der Waals surface area contributed by atoms with E-state index in [4.69, 9.17) is 5.11 Å². The van der Waals surface area contributed by atoms with E-state index >= 15 is 0 Å². The summed E-state index contributed by atoms with van der Waals surface area (Å²) in [6, 6.07) is 13.3. The second-order valence-corrected chi connectivity index (χ2v) is 7.23. The number of hydrogen-bond donors (Lipinski definition) is 2. The molecule has 4 rings (SSSR count). The molecule has 2 N–H and O–H groups in total. The molecular formula is C21H24N6O3. The SMILES string of the molecule is O=[N+]([O-])c1cc2c(NCc3ccccc3)ncnc2cc1N1CCN(CCO)CC1. The molecule has 156 valence electrons. The summed E-state index contributed by atoms with van der Waals surface area (Å²) in [4.78, 5) is 24.3. The van der Waals surface area contributed by atoms with Crippen LogP contribution in [0.25, 0.3) is 10.9 Å². The Morgan fingerprint density at radius 1 is 1.10 bits per heavy atom. The van der Waals surface area contributed by atoms with Crippen molar-refractivity contribution in [1.29, 1.82) is 0 Å². The van der Waals surface area contributed by atoms with Crippen molar-refractivity contribution in [3.63, 3.8) is 0 Å². The second-order valence-electron chi connectivity index (χ2n) is 7.23. The van der Waals surface area contributed by atoms with Crippen LogP contribution in [0.3, 0.4) is 0 Å². The van der Waals surface area contributed by atoms with Crippen molar-refractivity contribution in [2.75, 3.05) is 49.5 Å². The Kier molecular flexibility index (Phi) is 6.01. The summed E-state index contributed by atoms with van der Waals surface area (Å²) in [5.74, 6) is 0.575. The summed E-state index contributed by atoms with van der Waals surface area (Å²) in [6.45, 7) is 4.14. The lowest BCUT2D eigenvalue weighted by molar-refractivity contribution is -0.384. The maximum Gasteiger partial charge on any atom is 0.293 e. The van der Waals surface area contributed by atoms with Crippen LogP contribution in [0.1, 0.15) is 5.56 Å². The Morgan fingerprint density at radius 3 is 2.57 bits per heavy atom. The summed E-state index contributed by atoms with van der Waals surface area (Å²) in [5.41, 5.74) is 2.38. The van der Waals surface area contributed by atoms with Crippen molar-refractivity contribution in [3.8, 4) is 0 Å². The molecule has 0 amide bonds. The summed E-state index contributed by atoms with van der Waals surface area (Å²) in [7, 11) is 0. The molecule has 0 saturated carbocycles. The van der Waals surface area contributed by atoms with Gasteiger partial charge in [-0.1, -0.05) is 30.3 Å². The second kappa shape index (κ2) is 9.02. The fourth-order valence-corrected chi connectivity index (χ4v) is 3.76. The summed E-state index contributed by atoms with van der Waals surface area (Å²) >= 11 is 0. The summed E-state index contributed by atoms with van der Waals surface area (Å²) in [6.07, 6.45) is 1.48. The molecule has 2 aromatic carbocycles. The molecule has 0 unspecified atom stereocenters. The molecular weight excluding hydrogens is 384 g/mol. The van der Waals surface area contributed by atoms with E-state index in [1.807, 2.05) is 35.2 Å². The van der Waals surface area contributed by atoms with Crippen LogP contribution in [0.5, 0.6) is 0 Å². The first-order chi connectivity index (χ1) is 14.7. The molecule has 0 atom stereocenters. The predicted molar refractivity (Wildman–Crippen MR) is 116 cm³/mol. The Balaban J connectivity index is 1.63. The molecule has 0 bridgehead atoms. The summed E-state index contributed by atoms with van der Waals surface area (Å²) < 4.78 is 0. The Labute approximate surface area is 174 Å². The lowest BCUT2D eigenvalue weighted by atomic mass is 10.1. The maximum atomic E-state index is 11.8. The van der Waals surface area contributed by atoms with Gasteiger partial charge in [-0.05, 0) is 11.6 Å². The van der Waals surface area contributed by atoms with Crippen LogP contribution >= 0.6 is 0 Å². The average molecular weight is 408 g/mol. The first-order valence-electron chi connectivity index (χ1n) is 9.95. The third kappa shape index (κ3) is 4.32.